The zero-order valence-electron chi connectivity index (χ0n) is 30.8. The van der Waals surface area contributed by atoms with Gasteiger partial charge in [-0.25, -0.2) is 0 Å². The van der Waals surface area contributed by atoms with E-state index in [9.17, 15) is 0 Å². The summed E-state index contributed by atoms with van der Waals surface area (Å²) in [4.78, 5) is 2.43. The fourth-order valence-electron chi connectivity index (χ4n) is 9.15. The smallest absolute Gasteiger partial charge is 0.137 e. The van der Waals surface area contributed by atoms with E-state index in [0.29, 0.717) is 0 Å². The van der Waals surface area contributed by atoms with Crippen molar-refractivity contribution >= 4 is 38.6 Å². The van der Waals surface area contributed by atoms with Crippen LogP contribution in [0.1, 0.15) is 25.0 Å². The Morgan fingerprint density at radius 3 is 1.87 bits per heavy atom. The van der Waals surface area contributed by atoms with Crippen LogP contribution in [0.3, 0.4) is 0 Å². The summed E-state index contributed by atoms with van der Waals surface area (Å²) in [5.41, 5.74) is 15.2. The lowest BCUT2D eigenvalue weighted by molar-refractivity contribution is 0.488. The molecule has 1 heterocycles. The van der Waals surface area contributed by atoms with Gasteiger partial charge in [0.05, 0.1) is 5.69 Å². The SMILES string of the molecule is CC1(C)c2ccccc2-c2ccc(N(c3ccccc3)c3cccc4c3-c3c(-c5ccc6ccccc6c5)cccc3-c3cc5ccccc5cc3O4)cc21. The first kappa shape index (κ1) is 31.6. The number of benzene rings is 9. The van der Waals surface area contributed by atoms with Crippen LogP contribution in [0.2, 0.25) is 0 Å². The first-order chi connectivity index (χ1) is 27.0. The van der Waals surface area contributed by atoms with E-state index < -0.39 is 0 Å². The molecule has 2 aliphatic rings. The largest absolute Gasteiger partial charge is 0.456 e. The van der Waals surface area contributed by atoms with Crippen molar-refractivity contribution in [1.29, 1.82) is 0 Å². The maximum Gasteiger partial charge on any atom is 0.137 e. The average Bonchev–Trinajstić information content (AvgIpc) is 3.36. The number of nitrogens with zero attached hydrogens (tertiary/aromatic N) is 1. The van der Waals surface area contributed by atoms with Crippen molar-refractivity contribution in [1.82, 2.24) is 0 Å². The van der Waals surface area contributed by atoms with Crippen molar-refractivity contribution in [2.45, 2.75) is 19.3 Å². The molecule has 0 amide bonds. The van der Waals surface area contributed by atoms with E-state index in [1.165, 1.54) is 49.5 Å². The molecule has 11 rings (SSSR count). The molecular weight excluding hydrogens is 667 g/mol. The van der Waals surface area contributed by atoms with E-state index in [1.807, 2.05) is 0 Å². The van der Waals surface area contributed by atoms with E-state index in [0.717, 1.165) is 56.2 Å². The second-order valence-corrected chi connectivity index (χ2v) is 15.3. The molecule has 0 aromatic heterocycles. The molecule has 0 N–H and O–H groups in total. The van der Waals surface area contributed by atoms with E-state index >= 15 is 0 Å². The summed E-state index contributed by atoms with van der Waals surface area (Å²) < 4.78 is 7.14. The first-order valence-electron chi connectivity index (χ1n) is 19.1. The lowest BCUT2D eigenvalue weighted by atomic mass is 9.82. The highest BCUT2D eigenvalue weighted by molar-refractivity contribution is 6.07. The van der Waals surface area contributed by atoms with Crippen molar-refractivity contribution in [3.63, 3.8) is 0 Å². The van der Waals surface area contributed by atoms with Gasteiger partial charge in [-0.2, -0.15) is 0 Å². The van der Waals surface area contributed by atoms with Gasteiger partial charge in [-0.15, -0.1) is 0 Å². The van der Waals surface area contributed by atoms with Gasteiger partial charge in [0.2, 0.25) is 0 Å². The Kier molecular flexibility index (Phi) is 6.93. The molecule has 0 spiro atoms. The van der Waals surface area contributed by atoms with Gasteiger partial charge >= 0.3 is 0 Å². The molecule has 9 aromatic carbocycles. The summed E-state index contributed by atoms with van der Waals surface area (Å²) in [5.74, 6) is 1.69. The highest BCUT2D eigenvalue weighted by Gasteiger charge is 2.36. The Balaban J connectivity index is 1.21. The Bertz CT molecular complexity index is 2990. The summed E-state index contributed by atoms with van der Waals surface area (Å²) in [7, 11) is 0. The molecule has 0 saturated carbocycles. The van der Waals surface area contributed by atoms with Gasteiger partial charge in [0.15, 0.2) is 0 Å². The molecule has 260 valence electrons. The fourth-order valence-corrected chi connectivity index (χ4v) is 9.15. The fraction of sp³-hybridized carbons (Fsp3) is 0.0566. The summed E-state index contributed by atoms with van der Waals surface area (Å²) in [6, 6.07) is 68.4. The number of fused-ring (bicyclic) bond motifs is 10. The normalized spacial score (nSPS) is 13.2. The minimum absolute atomic E-state index is 0.138. The van der Waals surface area contributed by atoms with E-state index in [4.69, 9.17) is 4.74 Å². The lowest BCUT2D eigenvalue weighted by Crippen LogP contribution is -2.17. The standard InChI is InChI=1S/C53H37NO/c1-53(2)46-23-11-10-20-42(46)43-29-28-40(33-47(43)53)54(39-18-4-3-5-19-39)48-24-13-25-49-52(48)51-41(38-27-26-34-14-6-7-15-35(34)30-38)21-12-22-44(51)45-31-36-16-8-9-17-37(36)32-50(45)55-49/h3-33H,1-2H3. The van der Waals surface area contributed by atoms with Crippen LogP contribution in [-0.2, 0) is 5.41 Å². The molecule has 1 aliphatic heterocycles. The number of anilines is 3. The third-order valence-corrected chi connectivity index (χ3v) is 11.8. The van der Waals surface area contributed by atoms with Gasteiger partial charge < -0.3 is 9.64 Å². The minimum atomic E-state index is -0.138. The minimum Gasteiger partial charge on any atom is -0.456 e. The molecule has 0 radical (unpaired) electrons. The summed E-state index contributed by atoms with van der Waals surface area (Å²) in [6.07, 6.45) is 0. The van der Waals surface area contributed by atoms with Crippen molar-refractivity contribution < 1.29 is 4.74 Å². The van der Waals surface area contributed by atoms with Crippen LogP contribution in [0.4, 0.5) is 17.1 Å². The third-order valence-electron chi connectivity index (χ3n) is 11.8. The van der Waals surface area contributed by atoms with Gasteiger partial charge in [-0.3, -0.25) is 0 Å². The summed E-state index contributed by atoms with van der Waals surface area (Å²) >= 11 is 0. The molecular formula is C53H37NO. The molecule has 0 saturated heterocycles. The Morgan fingerprint density at radius 2 is 1.04 bits per heavy atom. The summed E-state index contributed by atoms with van der Waals surface area (Å²) in [5, 5.41) is 4.79. The Hall–Kier alpha value is -6.90. The number of hydrogen-bond donors (Lipinski definition) is 0. The van der Waals surface area contributed by atoms with Crippen LogP contribution in [0.5, 0.6) is 11.5 Å². The van der Waals surface area contributed by atoms with Gasteiger partial charge in [0.1, 0.15) is 11.5 Å². The molecule has 0 atom stereocenters. The maximum absolute atomic E-state index is 7.14. The molecule has 2 heteroatoms. The lowest BCUT2D eigenvalue weighted by Gasteiger charge is -2.30. The molecule has 2 nitrogen and oxygen atoms in total. The van der Waals surface area contributed by atoms with Crippen molar-refractivity contribution in [3.05, 3.63) is 199 Å². The maximum atomic E-state index is 7.14. The molecule has 55 heavy (non-hydrogen) atoms. The van der Waals surface area contributed by atoms with Gasteiger partial charge in [-0.1, -0.05) is 147 Å². The van der Waals surface area contributed by atoms with Crippen LogP contribution < -0.4 is 9.64 Å². The molecule has 1 aliphatic carbocycles. The monoisotopic (exact) mass is 703 g/mol. The van der Waals surface area contributed by atoms with Crippen LogP contribution in [0.25, 0.3) is 66.1 Å². The van der Waals surface area contributed by atoms with E-state index in [1.54, 1.807) is 0 Å². The quantitative estimate of drug-likeness (QED) is 0.181. The second-order valence-electron chi connectivity index (χ2n) is 15.3. The number of para-hydroxylation sites is 1. The molecule has 0 unspecified atom stereocenters. The van der Waals surface area contributed by atoms with Crippen molar-refractivity contribution in [2.24, 2.45) is 0 Å². The Labute approximate surface area is 321 Å². The molecule has 0 bridgehead atoms. The number of ether oxygens (including phenoxy) is 1. The van der Waals surface area contributed by atoms with Crippen molar-refractivity contribution in [2.75, 3.05) is 4.90 Å². The van der Waals surface area contributed by atoms with Crippen LogP contribution >= 0.6 is 0 Å². The second kappa shape index (κ2) is 12.1. The molecule has 9 aromatic rings. The van der Waals surface area contributed by atoms with Crippen molar-refractivity contribution in [3.8, 4) is 56.0 Å². The number of rotatable bonds is 4. The predicted molar refractivity (Wildman–Crippen MR) is 230 cm³/mol. The van der Waals surface area contributed by atoms with E-state index in [-0.39, 0.29) is 5.41 Å². The van der Waals surface area contributed by atoms with Gasteiger partial charge in [-0.05, 0) is 115 Å². The predicted octanol–water partition coefficient (Wildman–Crippen LogP) is 14.9. The van der Waals surface area contributed by atoms with E-state index in [2.05, 4.69) is 207 Å². The first-order valence-corrected chi connectivity index (χ1v) is 19.1. The zero-order chi connectivity index (χ0) is 36.7. The zero-order valence-corrected chi connectivity index (χ0v) is 30.8. The number of hydrogen-bond acceptors (Lipinski definition) is 2. The van der Waals surface area contributed by atoms with Crippen LogP contribution in [0.15, 0.2) is 188 Å². The van der Waals surface area contributed by atoms with Gasteiger partial charge in [0.25, 0.3) is 0 Å². The average molecular weight is 704 g/mol. The highest BCUT2D eigenvalue weighted by Crippen LogP contribution is 2.57. The van der Waals surface area contributed by atoms with Crippen LogP contribution in [-0.4, -0.2) is 0 Å². The summed E-state index contributed by atoms with van der Waals surface area (Å²) in [6.45, 7) is 4.70. The topological polar surface area (TPSA) is 12.5 Å². The Morgan fingerprint density at radius 1 is 0.382 bits per heavy atom. The third kappa shape index (κ3) is 4.88. The van der Waals surface area contributed by atoms with Crippen LogP contribution in [0, 0.1) is 0 Å². The van der Waals surface area contributed by atoms with Gasteiger partial charge in [0, 0.05) is 33.5 Å². The highest BCUT2D eigenvalue weighted by atomic mass is 16.5. The molecule has 0 fully saturated rings.